The molecular formula is C28H32N2O. The number of carbonyl (C=O) groups is 1. The molecule has 1 aliphatic heterocycles. The zero-order valence-corrected chi connectivity index (χ0v) is 18.6. The third kappa shape index (κ3) is 5.35. The fourth-order valence-corrected chi connectivity index (χ4v) is 4.43. The third-order valence-electron chi connectivity index (χ3n) is 6.01. The van der Waals surface area contributed by atoms with Crippen molar-refractivity contribution in [2.45, 2.75) is 45.7 Å². The van der Waals surface area contributed by atoms with Crippen molar-refractivity contribution in [3.8, 4) is 0 Å². The summed E-state index contributed by atoms with van der Waals surface area (Å²) < 4.78 is 0. The maximum absolute atomic E-state index is 13.0. The number of aryl methyl sites for hydroxylation is 1. The largest absolute Gasteiger partial charge is 0.367 e. The van der Waals surface area contributed by atoms with Gasteiger partial charge in [0, 0.05) is 24.3 Å². The van der Waals surface area contributed by atoms with Crippen LogP contribution in [-0.4, -0.2) is 12.5 Å². The topological polar surface area (TPSA) is 32.3 Å². The van der Waals surface area contributed by atoms with Crippen molar-refractivity contribution in [3.63, 3.8) is 0 Å². The Balaban J connectivity index is 1.43. The van der Waals surface area contributed by atoms with Gasteiger partial charge in [-0.25, -0.2) is 0 Å². The van der Waals surface area contributed by atoms with E-state index in [-0.39, 0.29) is 11.9 Å². The van der Waals surface area contributed by atoms with Gasteiger partial charge in [-0.3, -0.25) is 4.79 Å². The lowest BCUT2D eigenvalue weighted by Crippen LogP contribution is -2.30. The maximum atomic E-state index is 13.0. The van der Waals surface area contributed by atoms with Crippen LogP contribution >= 0.6 is 0 Å². The Kier molecular flexibility index (Phi) is 6.71. The number of fused-ring (bicyclic) bond motifs is 1. The first-order valence-electron chi connectivity index (χ1n) is 11.4. The van der Waals surface area contributed by atoms with Crippen LogP contribution < -0.4 is 10.2 Å². The number of carbonyl (C=O) groups excluding carboxylic acids is 1. The molecule has 3 aromatic carbocycles. The molecule has 0 saturated carbocycles. The lowest BCUT2D eigenvalue weighted by Gasteiger charge is -2.31. The second-order valence-corrected chi connectivity index (χ2v) is 8.92. The predicted octanol–water partition coefficient (Wildman–Crippen LogP) is 6.16. The number of para-hydroxylation sites is 1. The first-order chi connectivity index (χ1) is 15.1. The molecule has 160 valence electrons. The van der Waals surface area contributed by atoms with E-state index in [0.717, 1.165) is 31.5 Å². The van der Waals surface area contributed by atoms with E-state index in [9.17, 15) is 4.79 Å². The van der Waals surface area contributed by atoms with E-state index in [1.807, 2.05) is 30.3 Å². The molecule has 1 aliphatic rings. The molecule has 0 aliphatic carbocycles. The molecule has 0 saturated heterocycles. The quantitative estimate of drug-likeness (QED) is 0.504. The summed E-state index contributed by atoms with van der Waals surface area (Å²) in [5.41, 5.74) is 5.88. The zero-order chi connectivity index (χ0) is 21.6. The minimum atomic E-state index is -0.00984. The summed E-state index contributed by atoms with van der Waals surface area (Å²) in [5, 5.41) is 3.25. The van der Waals surface area contributed by atoms with Crippen molar-refractivity contribution in [1.82, 2.24) is 5.32 Å². The second-order valence-electron chi connectivity index (χ2n) is 8.92. The summed E-state index contributed by atoms with van der Waals surface area (Å²) in [6.45, 7) is 6.33. The highest BCUT2D eigenvalue weighted by molar-refractivity contribution is 5.94. The van der Waals surface area contributed by atoms with Crippen molar-refractivity contribution in [2.24, 2.45) is 5.92 Å². The Morgan fingerprint density at radius 3 is 2.39 bits per heavy atom. The number of anilines is 1. The summed E-state index contributed by atoms with van der Waals surface area (Å²) in [5.74, 6) is 0.490. The molecule has 31 heavy (non-hydrogen) atoms. The van der Waals surface area contributed by atoms with Crippen molar-refractivity contribution in [2.75, 3.05) is 11.4 Å². The average Bonchev–Trinajstić information content (AvgIpc) is 2.79. The van der Waals surface area contributed by atoms with Crippen LogP contribution in [0, 0.1) is 5.92 Å². The number of hydrogen-bond donors (Lipinski definition) is 1. The predicted molar refractivity (Wildman–Crippen MR) is 128 cm³/mol. The highest BCUT2D eigenvalue weighted by atomic mass is 16.1. The van der Waals surface area contributed by atoms with E-state index in [1.54, 1.807) is 0 Å². The van der Waals surface area contributed by atoms with Crippen molar-refractivity contribution in [3.05, 3.63) is 101 Å². The standard InChI is InChI=1S/C28H32N2O/c1-21(2)19-26(23-9-4-3-5-10-23)29-28(31)25-16-14-22(15-17-25)20-30-18-8-12-24-11-6-7-13-27(24)30/h3-7,9-11,13-17,21,26H,8,12,18-20H2,1-2H3,(H,29,31)/t26-/m1/s1. The molecule has 3 nitrogen and oxygen atoms in total. The number of hydrogen-bond acceptors (Lipinski definition) is 2. The van der Waals surface area contributed by atoms with Crippen LogP contribution in [-0.2, 0) is 13.0 Å². The number of nitrogens with one attached hydrogen (secondary N) is 1. The van der Waals surface area contributed by atoms with Gasteiger partial charge in [-0.1, -0.05) is 74.5 Å². The van der Waals surface area contributed by atoms with E-state index in [2.05, 4.69) is 72.6 Å². The van der Waals surface area contributed by atoms with Crippen molar-refractivity contribution < 1.29 is 4.79 Å². The van der Waals surface area contributed by atoms with Crippen molar-refractivity contribution >= 4 is 11.6 Å². The molecule has 0 spiro atoms. The van der Waals surface area contributed by atoms with Gasteiger partial charge in [-0.15, -0.1) is 0 Å². The molecule has 3 heteroatoms. The van der Waals surface area contributed by atoms with Crippen LogP contribution in [0.2, 0.25) is 0 Å². The smallest absolute Gasteiger partial charge is 0.251 e. The summed E-state index contributed by atoms with van der Waals surface area (Å²) in [6, 6.07) is 27.1. The maximum Gasteiger partial charge on any atom is 0.251 e. The Morgan fingerprint density at radius 1 is 0.935 bits per heavy atom. The number of benzene rings is 3. The second kappa shape index (κ2) is 9.82. The minimum absolute atomic E-state index is 0.00984. The monoisotopic (exact) mass is 412 g/mol. The summed E-state index contributed by atoms with van der Waals surface area (Å²) in [7, 11) is 0. The highest BCUT2D eigenvalue weighted by Crippen LogP contribution is 2.28. The molecule has 1 N–H and O–H groups in total. The lowest BCUT2D eigenvalue weighted by atomic mass is 9.96. The van der Waals surface area contributed by atoms with Gasteiger partial charge in [0.1, 0.15) is 0 Å². The molecule has 1 atom stereocenters. The van der Waals surface area contributed by atoms with Crippen molar-refractivity contribution in [1.29, 1.82) is 0 Å². The first kappa shape index (κ1) is 21.2. The van der Waals surface area contributed by atoms with E-state index in [1.165, 1.54) is 23.2 Å². The SMILES string of the molecule is CC(C)C[C@@H](NC(=O)c1ccc(CN2CCCc3ccccc32)cc1)c1ccccc1. The van der Waals surface area contributed by atoms with E-state index >= 15 is 0 Å². The van der Waals surface area contributed by atoms with Crippen LogP contribution in [0.1, 0.15) is 59.8 Å². The van der Waals surface area contributed by atoms with E-state index in [4.69, 9.17) is 0 Å². The summed E-state index contributed by atoms with van der Waals surface area (Å²) in [4.78, 5) is 15.4. The molecule has 0 bridgehead atoms. The number of nitrogens with zero attached hydrogens (tertiary/aromatic N) is 1. The van der Waals surface area contributed by atoms with Gasteiger partial charge >= 0.3 is 0 Å². The fraction of sp³-hybridized carbons (Fsp3) is 0.321. The minimum Gasteiger partial charge on any atom is -0.367 e. The van der Waals surface area contributed by atoms with Crippen LogP contribution in [0.25, 0.3) is 0 Å². The molecule has 0 aromatic heterocycles. The Labute approximate surface area is 186 Å². The normalized spacial score (nSPS) is 14.2. The van der Waals surface area contributed by atoms with Gasteiger partial charge in [-0.05, 0) is 60.1 Å². The molecule has 3 aromatic rings. The molecule has 1 amide bonds. The van der Waals surface area contributed by atoms with Crippen LogP contribution in [0.5, 0.6) is 0 Å². The first-order valence-corrected chi connectivity index (χ1v) is 11.4. The highest BCUT2D eigenvalue weighted by Gasteiger charge is 2.18. The molecule has 1 heterocycles. The molecule has 4 rings (SSSR count). The molecule has 0 radical (unpaired) electrons. The average molecular weight is 413 g/mol. The van der Waals surface area contributed by atoms with E-state index in [0.29, 0.717) is 11.5 Å². The molecule has 0 unspecified atom stereocenters. The zero-order valence-electron chi connectivity index (χ0n) is 18.6. The van der Waals surface area contributed by atoms with Gasteiger partial charge in [-0.2, -0.15) is 0 Å². The Morgan fingerprint density at radius 2 is 1.65 bits per heavy atom. The van der Waals surface area contributed by atoms with Gasteiger partial charge in [0.15, 0.2) is 0 Å². The van der Waals surface area contributed by atoms with Gasteiger partial charge in [0.25, 0.3) is 5.91 Å². The van der Waals surface area contributed by atoms with E-state index < -0.39 is 0 Å². The van der Waals surface area contributed by atoms with Crippen LogP contribution in [0.15, 0.2) is 78.9 Å². The van der Waals surface area contributed by atoms with Crippen LogP contribution in [0.4, 0.5) is 5.69 Å². The fourth-order valence-electron chi connectivity index (χ4n) is 4.43. The van der Waals surface area contributed by atoms with Gasteiger partial charge in [0.05, 0.1) is 6.04 Å². The molecular weight excluding hydrogens is 380 g/mol. The number of rotatable bonds is 7. The Bertz CT molecular complexity index is 995. The van der Waals surface area contributed by atoms with Crippen LogP contribution in [0.3, 0.4) is 0 Å². The summed E-state index contributed by atoms with van der Waals surface area (Å²) >= 11 is 0. The van der Waals surface area contributed by atoms with Gasteiger partial charge < -0.3 is 10.2 Å². The number of amides is 1. The lowest BCUT2D eigenvalue weighted by molar-refractivity contribution is 0.0932. The molecule has 0 fully saturated rings. The summed E-state index contributed by atoms with van der Waals surface area (Å²) in [6.07, 6.45) is 3.27. The van der Waals surface area contributed by atoms with Gasteiger partial charge in [0.2, 0.25) is 0 Å². The third-order valence-corrected chi connectivity index (χ3v) is 6.01. The Hall–Kier alpha value is -3.07.